The van der Waals surface area contributed by atoms with Crippen molar-refractivity contribution in [3.05, 3.63) is 71.5 Å². The van der Waals surface area contributed by atoms with E-state index in [-0.39, 0.29) is 29.9 Å². The van der Waals surface area contributed by atoms with E-state index in [9.17, 15) is 19.5 Å². The van der Waals surface area contributed by atoms with Gasteiger partial charge in [0.2, 0.25) is 5.91 Å². The minimum Gasteiger partial charge on any atom is -0.432 e. The number of likely N-dealkylation sites (N-methyl/N-ethyl adjacent to an activating group) is 1. The lowest BCUT2D eigenvalue weighted by Gasteiger charge is -2.32. The van der Waals surface area contributed by atoms with Gasteiger partial charge in [-0.3, -0.25) is 14.3 Å². The fourth-order valence-corrected chi connectivity index (χ4v) is 9.70. The van der Waals surface area contributed by atoms with Gasteiger partial charge in [-0.1, -0.05) is 42.5 Å². The number of aliphatic hydroxyl groups excluding tert-OH is 1. The molecule has 3 aliphatic heterocycles. The summed E-state index contributed by atoms with van der Waals surface area (Å²) in [6, 6.07) is 15.4. The van der Waals surface area contributed by atoms with Crippen LogP contribution in [-0.2, 0) is 32.9 Å². The molecule has 4 atom stereocenters. The Morgan fingerprint density at radius 3 is 2.60 bits per heavy atom. The topological polar surface area (TPSA) is 133 Å². The highest BCUT2D eigenvalue weighted by atomic mass is 28.4. The third kappa shape index (κ3) is 5.01. The third-order valence-electron chi connectivity index (χ3n) is 9.08. The Morgan fingerprint density at radius 1 is 1.12 bits per heavy atom. The van der Waals surface area contributed by atoms with Gasteiger partial charge in [-0.25, -0.2) is 5.01 Å². The molecule has 6 rings (SSSR count). The molecule has 4 heterocycles. The molecule has 0 aliphatic carbocycles. The first kappa shape index (κ1) is 29.4. The van der Waals surface area contributed by atoms with Crippen molar-refractivity contribution in [3.63, 3.8) is 0 Å². The van der Waals surface area contributed by atoms with E-state index in [0.29, 0.717) is 49.2 Å². The Hall–Kier alpha value is -3.71. The van der Waals surface area contributed by atoms with Crippen LogP contribution in [0, 0.1) is 5.92 Å². The van der Waals surface area contributed by atoms with Gasteiger partial charge < -0.3 is 19.5 Å². The average molecular weight is 603 g/mol. The van der Waals surface area contributed by atoms with Gasteiger partial charge >= 0.3 is 0 Å². The molecule has 1 saturated heterocycles. The number of carbonyl (C=O) groups is 2. The third-order valence-corrected chi connectivity index (χ3v) is 11.6. The summed E-state index contributed by atoms with van der Waals surface area (Å²) in [5.41, 5.74) is 2.95. The number of amides is 2. The maximum atomic E-state index is 14.1. The number of anilines is 2. The molecular formula is C31H38N6O5Si. The molecule has 1 aromatic heterocycles. The Kier molecular flexibility index (Phi) is 7.57. The summed E-state index contributed by atoms with van der Waals surface area (Å²) < 4.78 is 8.56. The van der Waals surface area contributed by atoms with Crippen LogP contribution < -0.4 is 9.91 Å². The summed E-state index contributed by atoms with van der Waals surface area (Å²) in [6.45, 7) is 6.27. The Labute approximate surface area is 251 Å². The van der Waals surface area contributed by atoms with Crippen molar-refractivity contribution in [1.82, 2.24) is 15.0 Å². The number of hydrogen-bond acceptors (Lipinski definition) is 8. The molecule has 1 spiro atoms. The lowest BCUT2D eigenvalue weighted by Crippen LogP contribution is -2.45. The molecule has 3 aliphatic rings. The van der Waals surface area contributed by atoms with E-state index in [1.807, 2.05) is 68.5 Å². The maximum Gasteiger partial charge on any atom is 0.264 e. The zero-order valence-electron chi connectivity index (χ0n) is 25.0. The molecule has 12 heteroatoms. The van der Waals surface area contributed by atoms with Gasteiger partial charge in [0.25, 0.3) is 5.91 Å². The van der Waals surface area contributed by atoms with Crippen LogP contribution in [0.25, 0.3) is 0 Å². The fourth-order valence-electron chi connectivity index (χ4n) is 7.10. The molecule has 11 nitrogen and oxygen atoms in total. The number of aromatic nitrogens is 3. The lowest BCUT2D eigenvalue weighted by atomic mass is 9.82. The van der Waals surface area contributed by atoms with Crippen LogP contribution in [0.4, 0.5) is 11.4 Å². The number of aryl methyl sites for hydroxylation is 1. The van der Waals surface area contributed by atoms with E-state index in [2.05, 4.69) is 10.3 Å². The SMILES string of the molecule is C[C@H]1[C@H]([Si](C)(C)O)[C@@H](CCn2cc(CCO)nn2)O[C@]12C(=O)N(C)c1ccc(N3N=C(c4ccccc4)CCC3=O)cc12. The number of rotatable bonds is 8. The molecule has 43 heavy (non-hydrogen) atoms. The van der Waals surface area contributed by atoms with Gasteiger partial charge in [0, 0.05) is 62.7 Å². The summed E-state index contributed by atoms with van der Waals surface area (Å²) >= 11 is 0. The molecule has 2 aromatic carbocycles. The Balaban J connectivity index is 1.37. The first-order chi connectivity index (χ1) is 20.5. The number of hydrazone groups is 1. The van der Waals surface area contributed by atoms with Crippen LogP contribution in [0.2, 0.25) is 18.6 Å². The molecule has 226 valence electrons. The van der Waals surface area contributed by atoms with Crippen molar-refractivity contribution < 1.29 is 24.2 Å². The number of aliphatic hydroxyl groups is 1. The summed E-state index contributed by atoms with van der Waals surface area (Å²) in [5.74, 6) is -0.612. The molecular weight excluding hydrogens is 564 g/mol. The van der Waals surface area contributed by atoms with Crippen molar-refractivity contribution in [1.29, 1.82) is 0 Å². The van der Waals surface area contributed by atoms with Crippen molar-refractivity contribution >= 4 is 37.2 Å². The average Bonchev–Trinajstić information content (AvgIpc) is 3.63. The van der Waals surface area contributed by atoms with Crippen LogP contribution >= 0.6 is 0 Å². The highest BCUT2D eigenvalue weighted by Crippen LogP contribution is 2.59. The minimum atomic E-state index is -2.83. The number of hydrogen-bond donors (Lipinski definition) is 2. The van der Waals surface area contributed by atoms with E-state index in [1.165, 1.54) is 5.01 Å². The summed E-state index contributed by atoms with van der Waals surface area (Å²) in [4.78, 5) is 40.4. The van der Waals surface area contributed by atoms with Crippen LogP contribution in [0.3, 0.4) is 0 Å². The number of nitrogens with zero attached hydrogens (tertiary/aromatic N) is 6. The van der Waals surface area contributed by atoms with E-state index in [0.717, 1.165) is 17.0 Å². The van der Waals surface area contributed by atoms with Gasteiger partial charge in [0.05, 0.1) is 28.9 Å². The Bertz CT molecular complexity index is 1570. The quantitative estimate of drug-likeness (QED) is 0.378. The molecule has 0 bridgehead atoms. The van der Waals surface area contributed by atoms with Gasteiger partial charge in [0.1, 0.15) is 0 Å². The largest absolute Gasteiger partial charge is 0.432 e. The van der Waals surface area contributed by atoms with Crippen molar-refractivity contribution in [2.45, 2.75) is 69.5 Å². The van der Waals surface area contributed by atoms with Gasteiger partial charge in [-0.2, -0.15) is 5.10 Å². The van der Waals surface area contributed by atoms with Gasteiger partial charge in [-0.05, 0) is 43.3 Å². The number of fused-ring (bicyclic) bond motifs is 2. The minimum absolute atomic E-state index is 0.00420. The van der Waals surface area contributed by atoms with Crippen molar-refractivity contribution in [2.24, 2.45) is 11.0 Å². The van der Waals surface area contributed by atoms with Gasteiger partial charge in [-0.15, -0.1) is 5.10 Å². The predicted octanol–water partition coefficient (Wildman–Crippen LogP) is 3.21. The molecule has 0 saturated carbocycles. The van der Waals surface area contributed by atoms with Crippen LogP contribution in [0.5, 0.6) is 0 Å². The van der Waals surface area contributed by atoms with E-state index < -0.39 is 20.0 Å². The second-order valence-electron chi connectivity index (χ2n) is 12.3. The normalized spacial score (nSPS) is 25.5. The number of ether oxygens (including phenoxy) is 1. The molecule has 1 fully saturated rings. The number of carbonyl (C=O) groups excluding carboxylic acids is 2. The second-order valence-corrected chi connectivity index (χ2v) is 16.3. The van der Waals surface area contributed by atoms with Crippen LogP contribution in [-0.4, -0.2) is 70.5 Å². The van der Waals surface area contributed by atoms with E-state index >= 15 is 0 Å². The maximum absolute atomic E-state index is 14.1. The van der Waals surface area contributed by atoms with Crippen molar-refractivity contribution in [3.8, 4) is 0 Å². The molecule has 2 amide bonds. The van der Waals surface area contributed by atoms with Crippen LogP contribution in [0.15, 0.2) is 59.8 Å². The van der Waals surface area contributed by atoms with E-state index in [1.54, 1.807) is 22.8 Å². The molecule has 0 unspecified atom stereocenters. The zero-order chi connectivity index (χ0) is 30.5. The lowest BCUT2D eigenvalue weighted by molar-refractivity contribution is -0.145. The summed E-state index contributed by atoms with van der Waals surface area (Å²) in [7, 11) is -1.08. The first-order valence-electron chi connectivity index (χ1n) is 14.8. The standard InChI is InChI=1S/C31H38N6O5Si/c1-20-29(43(3,4)41)27(14-16-36-19-22(15-17-38)32-34-36)42-31(20)24-18-23(10-12-26(24)35(2)30(31)40)37-28(39)13-11-25(33-37)21-8-6-5-7-9-21/h5-10,12,18-20,27,29,38,41H,11,13-17H2,1-4H3/t20-,27+,29-,31+/m0/s1. The molecule has 0 radical (unpaired) electrons. The Morgan fingerprint density at radius 2 is 1.88 bits per heavy atom. The fraction of sp³-hybridized carbons (Fsp3) is 0.452. The van der Waals surface area contributed by atoms with Crippen LogP contribution in [0.1, 0.15) is 43.0 Å². The first-order valence-corrected chi connectivity index (χ1v) is 17.9. The van der Waals surface area contributed by atoms with E-state index in [4.69, 9.17) is 9.84 Å². The van der Waals surface area contributed by atoms with Gasteiger partial charge in [0.15, 0.2) is 13.9 Å². The predicted molar refractivity (Wildman–Crippen MR) is 164 cm³/mol. The monoisotopic (exact) mass is 602 g/mol. The molecule has 2 N–H and O–H groups in total. The summed E-state index contributed by atoms with van der Waals surface area (Å²) in [5, 5.41) is 23.7. The molecule has 3 aromatic rings. The zero-order valence-corrected chi connectivity index (χ0v) is 26.0. The summed E-state index contributed by atoms with van der Waals surface area (Å²) in [6.07, 6.45) is 3.24. The number of benzene rings is 2. The highest BCUT2D eigenvalue weighted by molar-refractivity contribution is 6.71. The second kappa shape index (κ2) is 11.1. The van der Waals surface area contributed by atoms with Crippen molar-refractivity contribution in [2.75, 3.05) is 23.6 Å². The highest BCUT2D eigenvalue weighted by Gasteiger charge is 2.65. The smallest absolute Gasteiger partial charge is 0.264 e.